The second-order valence-corrected chi connectivity index (χ2v) is 8.82. The van der Waals surface area contributed by atoms with Gasteiger partial charge in [0, 0.05) is 30.9 Å². The van der Waals surface area contributed by atoms with Gasteiger partial charge in [-0.25, -0.2) is 9.78 Å². The van der Waals surface area contributed by atoms with Crippen LogP contribution in [0.4, 0.5) is 5.69 Å². The normalized spacial score (nSPS) is 10.9. The Kier molecular flexibility index (Phi) is 7.01. The molecule has 2 heterocycles. The van der Waals surface area contributed by atoms with Crippen molar-refractivity contribution in [2.75, 3.05) is 11.5 Å². The lowest BCUT2D eigenvalue weighted by Crippen LogP contribution is -2.22. The summed E-state index contributed by atoms with van der Waals surface area (Å²) in [7, 11) is 0. The number of fused-ring (bicyclic) bond motifs is 1. The molecular formula is C30H26ClN3O2. The van der Waals surface area contributed by atoms with Gasteiger partial charge in [-0.15, -0.1) is 0 Å². The number of carbonyl (C=O) groups is 1. The van der Waals surface area contributed by atoms with Crippen molar-refractivity contribution in [1.82, 2.24) is 9.38 Å². The number of nitrogens with zero attached hydrogens (tertiary/aromatic N) is 3. The van der Waals surface area contributed by atoms with E-state index >= 15 is 0 Å². The van der Waals surface area contributed by atoms with Crippen LogP contribution in [0.15, 0.2) is 103 Å². The van der Waals surface area contributed by atoms with Gasteiger partial charge < -0.3 is 9.64 Å². The van der Waals surface area contributed by atoms with E-state index in [4.69, 9.17) is 16.3 Å². The summed E-state index contributed by atoms with van der Waals surface area (Å²) in [6.45, 7) is 3.43. The van der Waals surface area contributed by atoms with E-state index in [1.807, 2.05) is 40.8 Å². The number of halogens is 1. The average Bonchev–Trinajstić information content (AvgIpc) is 3.28. The smallest absolute Gasteiger partial charge is 0.342 e. The number of hydrogen-bond acceptors (Lipinski definition) is 4. The molecule has 6 heteroatoms. The molecule has 0 N–H and O–H groups in total. The molecule has 0 aliphatic heterocycles. The highest BCUT2D eigenvalue weighted by Crippen LogP contribution is 2.36. The predicted molar refractivity (Wildman–Crippen MR) is 144 cm³/mol. The Hall–Kier alpha value is -4.09. The number of aromatic nitrogens is 2. The van der Waals surface area contributed by atoms with E-state index in [9.17, 15) is 4.79 Å². The molecule has 0 aliphatic carbocycles. The van der Waals surface area contributed by atoms with Gasteiger partial charge in [0.1, 0.15) is 16.4 Å². The van der Waals surface area contributed by atoms with Gasteiger partial charge in [-0.3, -0.25) is 4.40 Å². The molecule has 36 heavy (non-hydrogen) atoms. The van der Waals surface area contributed by atoms with Crippen molar-refractivity contribution in [2.24, 2.45) is 0 Å². The molecule has 0 saturated carbocycles. The van der Waals surface area contributed by atoms with E-state index in [1.165, 1.54) is 11.1 Å². The summed E-state index contributed by atoms with van der Waals surface area (Å²) >= 11 is 6.44. The fraction of sp³-hybridized carbons (Fsp3) is 0.133. The molecule has 2 aromatic heterocycles. The number of esters is 1. The first-order valence-electron chi connectivity index (χ1n) is 11.9. The van der Waals surface area contributed by atoms with Gasteiger partial charge in [-0.1, -0.05) is 103 Å². The van der Waals surface area contributed by atoms with Crippen LogP contribution in [0.2, 0.25) is 5.15 Å². The Bertz CT molecular complexity index is 1430. The van der Waals surface area contributed by atoms with E-state index in [-0.39, 0.29) is 17.3 Å². The van der Waals surface area contributed by atoms with Crippen molar-refractivity contribution >= 4 is 28.9 Å². The second kappa shape index (κ2) is 10.7. The maximum absolute atomic E-state index is 12.6. The zero-order valence-electron chi connectivity index (χ0n) is 20.0. The maximum atomic E-state index is 12.6. The average molecular weight is 496 g/mol. The Morgan fingerprint density at radius 3 is 2.00 bits per heavy atom. The van der Waals surface area contributed by atoms with Crippen LogP contribution < -0.4 is 4.90 Å². The summed E-state index contributed by atoms with van der Waals surface area (Å²) in [5.74, 6) is -0.489. The first kappa shape index (κ1) is 23.6. The fourth-order valence-electron chi connectivity index (χ4n) is 4.36. The molecular weight excluding hydrogens is 470 g/mol. The topological polar surface area (TPSA) is 46.8 Å². The van der Waals surface area contributed by atoms with Gasteiger partial charge >= 0.3 is 5.97 Å². The summed E-state index contributed by atoms with van der Waals surface area (Å²) in [6.07, 6.45) is 1.73. The highest BCUT2D eigenvalue weighted by atomic mass is 35.5. The van der Waals surface area contributed by atoms with Crippen LogP contribution in [0, 0.1) is 0 Å². The van der Waals surface area contributed by atoms with Crippen LogP contribution in [0.5, 0.6) is 0 Å². The number of hydrogen-bond donors (Lipinski definition) is 0. The van der Waals surface area contributed by atoms with Crippen LogP contribution in [-0.4, -0.2) is 22.0 Å². The SMILES string of the molecule is CCOC(=O)c1cn2c(-c3ccccc3)c(N(Cc3ccccc3)Cc3ccccc3)cc2nc1Cl. The minimum Gasteiger partial charge on any atom is -0.462 e. The van der Waals surface area contributed by atoms with Gasteiger partial charge in [0.2, 0.25) is 0 Å². The molecule has 0 unspecified atom stereocenters. The van der Waals surface area contributed by atoms with E-state index < -0.39 is 5.97 Å². The first-order chi connectivity index (χ1) is 17.6. The number of benzene rings is 3. The standard InChI is InChI=1S/C30H26ClN3O2/c1-2-36-30(35)25-21-34-27(32-29(25)31)18-26(28(34)24-16-10-5-11-17-24)33(19-22-12-6-3-7-13-22)20-23-14-8-4-9-15-23/h3-18,21H,2,19-20H2,1H3. The largest absolute Gasteiger partial charge is 0.462 e. The Morgan fingerprint density at radius 1 is 0.889 bits per heavy atom. The highest BCUT2D eigenvalue weighted by molar-refractivity contribution is 6.32. The fourth-order valence-corrected chi connectivity index (χ4v) is 4.57. The molecule has 0 radical (unpaired) electrons. The summed E-state index contributed by atoms with van der Waals surface area (Å²) in [5, 5.41) is 0.127. The molecule has 3 aromatic carbocycles. The van der Waals surface area contributed by atoms with Gasteiger partial charge in [-0.05, 0) is 18.1 Å². The van der Waals surface area contributed by atoms with Crippen LogP contribution in [0.1, 0.15) is 28.4 Å². The molecule has 5 nitrogen and oxygen atoms in total. The zero-order chi connectivity index (χ0) is 24.9. The Labute approximate surface area is 215 Å². The molecule has 0 fully saturated rings. The second-order valence-electron chi connectivity index (χ2n) is 8.47. The molecule has 0 spiro atoms. The van der Waals surface area contributed by atoms with Gasteiger partial charge in [0.05, 0.1) is 18.0 Å². The molecule has 180 valence electrons. The lowest BCUT2D eigenvalue weighted by atomic mass is 10.1. The molecule has 0 atom stereocenters. The van der Waals surface area contributed by atoms with E-state index in [0.29, 0.717) is 18.7 Å². The molecule has 0 bridgehead atoms. The lowest BCUT2D eigenvalue weighted by Gasteiger charge is -2.26. The van der Waals surface area contributed by atoms with Crippen LogP contribution in [-0.2, 0) is 17.8 Å². The highest BCUT2D eigenvalue weighted by Gasteiger charge is 2.22. The van der Waals surface area contributed by atoms with Crippen LogP contribution in [0.3, 0.4) is 0 Å². The third-order valence-corrected chi connectivity index (χ3v) is 6.29. The van der Waals surface area contributed by atoms with Gasteiger partial charge in [0.15, 0.2) is 0 Å². The number of anilines is 1. The monoisotopic (exact) mass is 495 g/mol. The van der Waals surface area contributed by atoms with Crippen molar-refractivity contribution in [3.63, 3.8) is 0 Å². The summed E-state index contributed by atoms with van der Waals surface area (Å²) < 4.78 is 7.16. The molecule has 0 amide bonds. The van der Waals surface area contributed by atoms with Gasteiger partial charge in [-0.2, -0.15) is 0 Å². The van der Waals surface area contributed by atoms with Crippen molar-refractivity contribution in [1.29, 1.82) is 0 Å². The lowest BCUT2D eigenvalue weighted by molar-refractivity contribution is 0.0525. The van der Waals surface area contributed by atoms with Crippen LogP contribution >= 0.6 is 11.6 Å². The summed E-state index contributed by atoms with van der Waals surface area (Å²) in [5.41, 5.74) is 6.24. The third-order valence-electron chi connectivity index (χ3n) is 6.01. The zero-order valence-corrected chi connectivity index (χ0v) is 20.7. The van der Waals surface area contributed by atoms with E-state index in [2.05, 4.69) is 70.5 Å². The van der Waals surface area contributed by atoms with Crippen molar-refractivity contribution in [3.05, 3.63) is 125 Å². The summed E-state index contributed by atoms with van der Waals surface area (Å²) in [4.78, 5) is 19.5. The molecule has 0 saturated heterocycles. The minimum atomic E-state index is -0.489. The van der Waals surface area contributed by atoms with Crippen molar-refractivity contribution in [2.45, 2.75) is 20.0 Å². The third kappa shape index (κ3) is 4.97. The minimum absolute atomic E-state index is 0.127. The number of ether oxygens (including phenoxy) is 1. The van der Waals surface area contributed by atoms with E-state index in [1.54, 1.807) is 13.1 Å². The van der Waals surface area contributed by atoms with E-state index in [0.717, 1.165) is 16.9 Å². The van der Waals surface area contributed by atoms with Gasteiger partial charge in [0.25, 0.3) is 0 Å². The summed E-state index contributed by atoms with van der Waals surface area (Å²) in [6, 6.07) is 32.9. The molecule has 5 aromatic rings. The number of carbonyl (C=O) groups excluding carboxylic acids is 1. The maximum Gasteiger partial charge on any atom is 0.342 e. The Balaban J connectivity index is 1.71. The van der Waals surface area contributed by atoms with Crippen LogP contribution in [0.25, 0.3) is 16.9 Å². The first-order valence-corrected chi connectivity index (χ1v) is 12.3. The quantitative estimate of drug-likeness (QED) is 0.171. The predicted octanol–water partition coefficient (Wildman–Crippen LogP) is 7.04. The van der Waals surface area contributed by atoms with Crippen molar-refractivity contribution < 1.29 is 9.53 Å². The molecule has 5 rings (SSSR count). The number of rotatable bonds is 8. The Morgan fingerprint density at radius 2 is 1.44 bits per heavy atom. The molecule has 0 aliphatic rings. The van der Waals surface area contributed by atoms with Crippen molar-refractivity contribution in [3.8, 4) is 11.3 Å².